The SMILES string of the molecule is CCNC(=NCC1(C(=O)N(C)C)CCCC1)N1CCN(C(C)C(F)(F)F)CC1. The maximum Gasteiger partial charge on any atom is 0.403 e. The Morgan fingerprint density at radius 3 is 2.21 bits per heavy atom. The van der Waals surface area contributed by atoms with Crippen LogP contribution >= 0.6 is 0 Å². The number of hydrogen-bond acceptors (Lipinski definition) is 3. The largest absolute Gasteiger partial charge is 0.403 e. The van der Waals surface area contributed by atoms with Crippen molar-refractivity contribution in [3.05, 3.63) is 0 Å². The second-order valence-electron chi connectivity index (χ2n) is 8.10. The lowest BCUT2D eigenvalue weighted by molar-refractivity contribution is -0.181. The number of guanidine groups is 1. The number of hydrogen-bond donors (Lipinski definition) is 1. The van der Waals surface area contributed by atoms with Crippen LogP contribution in [0.15, 0.2) is 4.99 Å². The summed E-state index contributed by atoms with van der Waals surface area (Å²) < 4.78 is 38.9. The molecule has 1 unspecified atom stereocenters. The van der Waals surface area contributed by atoms with Crippen LogP contribution in [0.1, 0.15) is 39.5 Å². The Balaban J connectivity index is 2.06. The van der Waals surface area contributed by atoms with Crippen LogP contribution in [0.25, 0.3) is 0 Å². The van der Waals surface area contributed by atoms with Gasteiger partial charge in [-0.1, -0.05) is 12.8 Å². The van der Waals surface area contributed by atoms with Crippen molar-refractivity contribution in [3.8, 4) is 0 Å². The fraction of sp³-hybridized carbons (Fsp3) is 0.895. The zero-order valence-electron chi connectivity index (χ0n) is 17.5. The Morgan fingerprint density at radius 1 is 1.18 bits per heavy atom. The molecule has 0 aromatic carbocycles. The molecule has 0 bridgehead atoms. The standard InChI is InChI=1S/C19H34F3N5O/c1-5-23-17(24-14-18(8-6-7-9-18)16(28)25(3)4)27-12-10-26(11-13-27)15(2)19(20,21)22/h15H,5-14H2,1-4H3,(H,23,24). The average molecular weight is 406 g/mol. The van der Waals surface area contributed by atoms with Crippen molar-refractivity contribution < 1.29 is 18.0 Å². The Labute approximate surface area is 166 Å². The summed E-state index contributed by atoms with van der Waals surface area (Å²) in [5.74, 6) is 0.813. The van der Waals surface area contributed by atoms with E-state index in [1.54, 1.807) is 19.0 Å². The number of halogens is 3. The quantitative estimate of drug-likeness (QED) is 0.563. The van der Waals surface area contributed by atoms with E-state index in [1.807, 2.05) is 11.8 Å². The summed E-state index contributed by atoms with van der Waals surface area (Å²) in [4.78, 5) is 22.6. The molecule has 0 aromatic heterocycles. The summed E-state index contributed by atoms with van der Waals surface area (Å²) in [5.41, 5.74) is -0.448. The molecule has 0 spiro atoms. The average Bonchev–Trinajstić information content (AvgIpc) is 3.13. The van der Waals surface area contributed by atoms with Gasteiger partial charge in [-0.25, -0.2) is 0 Å². The topological polar surface area (TPSA) is 51.2 Å². The van der Waals surface area contributed by atoms with Crippen molar-refractivity contribution >= 4 is 11.9 Å². The number of carbonyl (C=O) groups excluding carboxylic acids is 1. The van der Waals surface area contributed by atoms with Crippen molar-refractivity contribution in [2.75, 3.05) is 53.4 Å². The number of nitrogens with one attached hydrogen (secondary N) is 1. The summed E-state index contributed by atoms with van der Waals surface area (Å²) >= 11 is 0. The Kier molecular flexibility index (Phi) is 7.59. The lowest BCUT2D eigenvalue weighted by Crippen LogP contribution is -2.57. The van der Waals surface area contributed by atoms with E-state index in [4.69, 9.17) is 4.99 Å². The van der Waals surface area contributed by atoms with E-state index in [2.05, 4.69) is 5.32 Å². The van der Waals surface area contributed by atoms with Gasteiger partial charge in [0.2, 0.25) is 5.91 Å². The first-order chi connectivity index (χ1) is 13.1. The first-order valence-electron chi connectivity index (χ1n) is 10.2. The van der Waals surface area contributed by atoms with Crippen LogP contribution in [-0.2, 0) is 4.79 Å². The third-order valence-corrected chi connectivity index (χ3v) is 5.92. The van der Waals surface area contributed by atoms with Crippen molar-refractivity contribution in [3.63, 3.8) is 0 Å². The van der Waals surface area contributed by atoms with E-state index in [0.29, 0.717) is 45.2 Å². The van der Waals surface area contributed by atoms with Crippen LogP contribution < -0.4 is 5.32 Å². The molecule has 0 radical (unpaired) electrons. The fourth-order valence-electron chi connectivity index (χ4n) is 4.15. The van der Waals surface area contributed by atoms with Crippen LogP contribution in [-0.4, -0.2) is 92.1 Å². The molecule has 1 aliphatic heterocycles. The molecule has 6 nitrogen and oxygen atoms in total. The number of nitrogens with zero attached hydrogens (tertiary/aromatic N) is 4. The van der Waals surface area contributed by atoms with Crippen molar-refractivity contribution in [1.29, 1.82) is 0 Å². The number of rotatable bonds is 5. The molecule has 1 N–H and O–H groups in total. The number of aliphatic imine (C=N–C) groups is 1. The van der Waals surface area contributed by atoms with Gasteiger partial charge in [0.1, 0.15) is 6.04 Å². The molecule has 1 saturated carbocycles. The summed E-state index contributed by atoms with van der Waals surface area (Å²) in [7, 11) is 3.55. The molecular weight excluding hydrogens is 371 g/mol. The smallest absolute Gasteiger partial charge is 0.357 e. The van der Waals surface area contributed by atoms with Gasteiger partial charge in [0, 0.05) is 46.8 Å². The van der Waals surface area contributed by atoms with E-state index >= 15 is 0 Å². The minimum absolute atomic E-state index is 0.119. The molecule has 2 fully saturated rings. The normalized spacial score (nSPS) is 22.2. The highest BCUT2D eigenvalue weighted by atomic mass is 19.4. The predicted molar refractivity (Wildman–Crippen MR) is 104 cm³/mol. The zero-order valence-corrected chi connectivity index (χ0v) is 17.5. The highest BCUT2D eigenvalue weighted by Crippen LogP contribution is 2.39. The van der Waals surface area contributed by atoms with Crippen LogP contribution in [0, 0.1) is 5.41 Å². The molecule has 1 saturated heterocycles. The summed E-state index contributed by atoms with van der Waals surface area (Å²) in [6.45, 7) is 5.93. The van der Waals surface area contributed by atoms with Crippen molar-refractivity contribution in [2.45, 2.75) is 51.7 Å². The van der Waals surface area contributed by atoms with Gasteiger partial charge < -0.3 is 15.1 Å². The van der Waals surface area contributed by atoms with Gasteiger partial charge in [0.05, 0.1) is 12.0 Å². The van der Waals surface area contributed by atoms with E-state index in [1.165, 1.54) is 11.8 Å². The zero-order chi connectivity index (χ0) is 20.9. The van der Waals surface area contributed by atoms with Gasteiger partial charge in [-0.05, 0) is 26.7 Å². The van der Waals surface area contributed by atoms with Gasteiger partial charge in [-0.15, -0.1) is 0 Å². The third kappa shape index (κ3) is 5.30. The number of carbonyl (C=O) groups is 1. The Hall–Kier alpha value is -1.51. The molecule has 162 valence electrons. The van der Waals surface area contributed by atoms with Crippen LogP contribution in [0.3, 0.4) is 0 Å². The molecule has 2 rings (SSSR count). The van der Waals surface area contributed by atoms with Crippen molar-refractivity contribution in [1.82, 2.24) is 20.0 Å². The van der Waals surface area contributed by atoms with Crippen LogP contribution in [0.2, 0.25) is 0 Å². The highest BCUT2D eigenvalue weighted by molar-refractivity contribution is 5.84. The molecule has 1 atom stereocenters. The summed E-state index contributed by atoms with van der Waals surface area (Å²) in [6, 6.07) is -1.44. The van der Waals surface area contributed by atoms with Crippen LogP contribution in [0.5, 0.6) is 0 Å². The van der Waals surface area contributed by atoms with Gasteiger partial charge in [-0.2, -0.15) is 13.2 Å². The maximum atomic E-state index is 13.0. The number of piperazine rings is 1. The molecular formula is C19H34F3N5O. The summed E-state index contributed by atoms with van der Waals surface area (Å²) in [6.07, 6.45) is -0.477. The van der Waals surface area contributed by atoms with Crippen molar-refractivity contribution in [2.24, 2.45) is 10.4 Å². The highest BCUT2D eigenvalue weighted by Gasteiger charge is 2.43. The second-order valence-corrected chi connectivity index (χ2v) is 8.10. The third-order valence-electron chi connectivity index (χ3n) is 5.92. The predicted octanol–water partition coefficient (Wildman–Crippen LogP) is 2.17. The lowest BCUT2D eigenvalue weighted by Gasteiger charge is -2.40. The first kappa shape index (κ1) is 22.8. The summed E-state index contributed by atoms with van der Waals surface area (Å²) in [5, 5.41) is 3.25. The van der Waals surface area contributed by atoms with E-state index in [0.717, 1.165) is 25.7 Å². The van der Waals surface area contributed by atoms with Gasteiger partial charge in [-0.3, -0.25) is 14.7 Å². The minimum atomic E-state index is -4.21. The van der Waals surface area contributed by atoms with E-state index in [-0.39, 0.29) is 5.91 Å². The molecule has 0 aromatic rings. The number of amides is 1. The van der Waals surface area contributed by atoms with E-state index in [9.17, 15) is 18.0 Å². The Bertz CT molecular complexity index is 550. The second kappa shape index (κ2) is 9.33. The fourth-order valence-corrected chi connectivity index (χ4v) is 4.15. The Morgan fingerprint density at radius 2 is 1.75 bits per heavy atom. The van der Waals surface area contributed by atoms with Gasteiger partial charge in [0.15, 0.2) is 5.96 Å². The monoisotopic (exact) mass is 405 g/mol. The lowest BCUT2D eigenvalue weighted by atomic mass is 9.85. The van der Waals surface area contributed by atoms with E-state index < -0.39 is 17.6 Å². The molecule has 1 heterocycles. The molecule has 28 heavy (non-hydrogen) atoms. The van der Waals surface area contributed by atoms with Crippen LogP contribution in [0.4, 0.5) is 13.2 Å². The van der Waals surface area contributed by atoms with Gasteiger partial charge in [0.25, 0.3) is 0 Å². The minimum Gasteiger partial charge on any atom is -0.357 e. The molecule has 1 aliphatic carbocycles. The first-order valence-corrected chi connectivity index (χ1v) is 10.2. The molecule has 2 aliphatic rings. The maximum absolute atomic E-state index is 13.0. The molecule has 9 heteroatoms. The van der Waals surface area contributed by atoms with Gasteiger partial charge >= 0.3 is 6.18 Å². The molecule has 1 amide bonds. The number of alkyl halides is 3.